The van der Waals surface area contributed by atoms with Crippen LogP contribution in [0.4, 0.5) is 0 Å². The van der Waals surface area contributed by atoms with Gasteiger partial charge in [0.1, 0.15) is 5.75 Å². The van der Waals surface area contributed by atoms with Gasteiger partial charge in [0.15, 0.2) is 0 Å². The van der Waals surface area contributed by atoms with Crippen molar-refractivity contribution in [2.24, 2.45) is 0 Å². The van der Waals surface area contributed by atoms with Gasteiger partial charge in [-0.1, -0.05) is 6.92 Å². The van der Waals surface area contributed by atoms with E-state index >= 15 is 0 Å². The summed E-state index contributed by atoms with van der Waals surface area (Å²) in [6.45, 7) is 1.80. The minimum Gasteiger partial charge on any atom is -0.507 e. The molecule has 0 aromatic heterocycles. The first-order valence-electron chi connectivity index (χ1n) is 5.45. The number of phenolic OH excluding ortho intramolecular Hbond substituents is 1. The van der Waals surface area contributed by atoms with E-state index in [1.165, 1.54) is 6.07 Å². The lowest BCUT2D eigenvalue weighted by atomic mass is 10.1. The summed E-state index contributed by atoms with van der Waals surface area (Å²) in [6, 6.07) is 4.02. The van der Waals surface area contributed by atoms with Gasteiger partial charge >= 0.3 is 5.97 Å². The Hall–Kier alpha value is -1.56. The first-order chi connectivity index (χ1) is 8.43. The van der Waals surface area contributed by atoms with Gasteiger partial charge < -0.3 is 15.5 Å². The van der Waals surface area contributed by atoms with Crippen molar-refractivity contribution < 1.29 is 19.8 Å². The van der Waals surface area contributed by atoms with Crippen molar-refractivity contribution >= 4 is 27.8 Å². The summed E-state index contributed by atoms with van der Waals surface area (Å²) in [7, 11) is 0. The van der Waals surface area contributed by atoms with E-state index in [0.717, 1.165) is 0 Å². The number of carboxylic acids is 1. The van der Waals surface area contributed by atoms with Gasteiger partial charge in [-0.2, -0.15) is 0 Å². The van der Waals surface area contributed by atoms with Crippen LogP contribution in [-0.2, 0) is 4.79 Å². The van der Waals surface area contributed by atoms with Crippen LogP contribution in [0.25, 0.3) is 0 Å². The number of amides is 1. The van der Waals surface area contributed by atoms with E-state index in [0.29, 0.717) is 16.5 Å². The van der Waals surface area contributed by atoms with Crippen LogP contribution in [0, 0.1) is 0 Å². The second-order valence-electron chi connectivity index (χ2n) is 3.84. The van der Waals surface area contributed by atoms with Crippen LogP contribution in [0.2, 0.25) is 0 Å². The van der Waals surface area contributed by atoms with E-state index in [1.54, 1.807) is 19.1 Å². The van der Waals surface area contributed by atoms with Crippen molar-refractivity contribution in [2.75, 3.05) is 0 Å². The number of rotatable bonds is 5. The molecule has 1 amide bonds. The zero-order valence-electron chi connectivity index (χ0n) is 9.81. The molecule has 18 heavy (non-hydrogen) atoms. The number of hydrogen-bond acceptors (Lipinski definition) is 3. The predicted molar refractivity (Wildman–Crippen MR) is 69.6 cm³/mol. The fraction of sp³-hybridized carbons (Fsp3) is 0.333. The molecular formula is C12H14BrNO4. The average molecular weight is 316 g/mol. The Morgan fingerprint density at radius 2 is 2.11 bits per heavy atom. The molecule has 0 bridgehead atoms. The molecule has 0 saturated heterocycles. The number of nitrogens with one attached hydrogen (secondary N) is 1. The number of hydrogen-bond donors (Lipinski definition) is 3. The lowest BCUT2D eigenvalue weighted by Gasteiger charge is -2.14. The van der Waals surface area contributed by atoms with E-state index < -0.39 is 17.9 Å². The predicted octanol–water partition coefficient (Wildman–Crippen LogP) is 2.14. The molecule has 0 aliphatic rings. The van der Waals surface area contributed by atoms with Crippen LogP contribution in [0.1, 0.15) is 30.1 Å². The first-order valence-corrected chi connectivity index (χ1v) is 6.24. The Balaban J connectivity index is 2.74. The maximum atomic E-state index is 11.8. The minimum atomic E-state index is -0.958. The molecule has 5 nitrogen and oxygen atoms in total. The van der Waals surface area contributed by atoms with E-state index in [2.05, 4.69) is 21.2 Å². The second kappa shape index (κ2) is 6.39. The second-order valence-corrected chi connectivity index (χ2v) is 4.70. The Morgan fingerprint density at radius 3 is 2.61 bits per heavy atom. The van der Waals surface area contributed by atoms with Crippen LogP contribution in [0.3, 0.4) is 0 Å². The molecule has 0 aliphatic heterocycles. The summed E-state index contributed by atoms with van der Waals surface area (Å²) in [5.74, 6) is -1.39. The van der Waals surface area contributed by atoms with Crippen molar-refractivity contribution in [1.82, 2.24) is 5.32 Å². The molecule has 3 N–H and O–H groups in total. The first kappa shape index (κ1) is 14.5. The zero-order valence-corrected chi connectivity index (χ0v) is 11.4. The molecule has 0 saturated carbocycles. The fourth-order valence-corrected chi connectivity index (χ4v) is 1.68. The molecule has 1 aromatic carbocycles. The van der Waals surface area contributed by atoms with Gasteiger partial charge in [-0.05, 0) is 40.5 Å². The molecule has 1 rings (SSSR count). The Morgan fingerprint density at radius 1 is 1.44 bits per heavy atom. The number of phenols is 1. The van der Waals surface area contributed by atoms with Crippen molar-refractivity contribution in [3.05, 3.63) is 28.2 Å². The summed E-state index contributed by atoms with van der Waals surface area (Å²) in [4.78, 5) is 22.4. The monoisotopic (exact) mass is 315 g/mol. The minimum absolute atomic E-state index is 0.0334. The molecule has 0 heterocycles. The van der Waals surface area contributed by atoms with E-state index in [1.807, 2.05) is 0 Å². The third-order valence-corrected chi connectivity index (χ3v) is 3.13. The quantitative estimate of drug-likeness (QED) is 0.777. The van der Waals surface area contributed by atoms with Crippen LogP contribution in [0.5, 0.6) is 5.75 Å². The maximum Gasteiger partial charge on any atom is 0.305 e. The Kier molecular flexibility index (Phi) is 5.15. The van der Waals surface area contributed by atoms with Gasteiger partial charge in [-0.15, -0.1) is 0 Å². The highest BCUT2D eigenvalue weighted by Gasteiger charge is 2.15. The number of aromatic hydroxyl groups is 1. The number of carbonyl (C=O) groups excluding carboxylic acids is 1. The number of halogens is 1. The third kappa shape index (κ3) is 4.03. The largest absolute Gasteiger partial charge is 0.507 e. The molecule has 1 atom stereocenters. The third-order valence-electron chi connectivity index (χ3n) is 2.46. The summed E-state index contributed by atoms with van der Waals surface area (Å²) in [5.41, 5.74) is 0.291. The summed E-state index contributed by atoms with van der Waals surface area (Å²) < 4.78 is 0.497. The molecule has 6 heteroatoms. The summed E-state index contributed by atoms with van der Waals surface area (Å²) in [6.07, 6.45) is 0.408. The van der Waals surface area contributed by atoms with Crippen LogP contribution in [0.15, 0.2) is 22.7 Å². The van der Waals surface area contributed by atoms with Crippen LogP contribution >= 0.6 is 15.9 Å². The van der Waals surface area contributed by atoms with E-state index in [-0.39, 0.29) is 12.2 Å². The lowest BCUT2D eigenvalue weighted by molar-refractivity contribution is -0.137. The average Bonchev–Trinajstić information content (AvgIpc) is 2.31. The smallest absolute Gasteiger partial charge is 0.305 e. The Bertz CT molecular complexity index is 461. The highest BCUT2D eigenvalue weighted by molar-refractivity contribution is 9.10. The normalized spacial score (nSPS) is 11.9. The van der Waals surface area contributed by atoms with Gasteiger partial charge in [-0.25, -0.2) is 0 Å². The molecule has 0 aliphatic carbocycles. The van der Waals surface area contributed by atoms with E-state index in [4.69, 9.17) is 5.11 Å². The van der Waals surface area contributed by atoms with Crippen molar-refractivity contribution in [3.8, 4) is 5.75 Å². The van der Waals surface area contributed by atoms with Crippen LogP contribution in [-0.4, -0.2) is 28.1 Å². The Labute approximate surface area is 113 Å². The van der Waals surface area contributed by atoms with Crippen molar-refractivity contribution in [3.63, 3.8) is 0 Å². The van der Waals surface area contributed by atoms with Gasteiger partial charge in [0, 0.05) is 11.6 Å². The highest BCUT2D eigenvalue weighted by Crippen LogP contribution is 2.24. The fourth-order valence-electron chi connectivity index (χ4n) is 1.43. The molecule has 1 aromatic rings. The molecular weight excluding hydrogens is 302 g/mol. The lowest BCUT2D eigenvalue weighted by Crippen LogP contribution is -2.35. The SMILES string of the molecule is CCC(CC(=O)O)NC(=O)c1ccc(Br)c(O)c1. The molecule has 0 fully saturated rings. The van der Waals surface area contributed by atoms with Gasteiger partial charge in [0.05, 0.1) is 10.9 Å². The standard InChI is InChI=1S/C12H14BrNO4/c1-2-8(6-11(16)17)14-12(18)7-3-4-9(13)10(15)5-7/h3-5,8,15H,2,6H2,1H3,(H,14,18)(H,16,17). The number of aliphatic carboxylic acids is 1. The number of benzene rings is 1. The topological polar surface area (TPSA) is 86.6 Å². The van der Waals surface area contributed by atoms with Crippen molar-refractivity contribution in [2.45, 2.75) is 25.8 Å². The summed E-state index contributed by atoms with van der Waals surface area (Å²) >= 11 is 3.12. The van der Waals surface area contributed by atoms with Gasteiger partial charge in [0.2, 0.25) is 0 Å². The zero-order chi connectivity index (χ0) is 13.7. The molecule has 0 radical (unpaired) electrons. The highest BCUT2D eigenvalue weighted by atomic mass is 79.9. The van der Waals surface area contributed by atoms with Gasteiger partial charge in [0.25, 0.3) is 5.91 Å². The van der Waals surface area contributed by atoms with Gasteiger partial charge in [-0.3, -0.25) is 9.59 Å². The van der Waals surface area contributed by atoms with E-state index in [9.17, 15) is 14.7 Å². The molecule has 1 unspecified atom stereocenters. The molecule has 0 spiro atoms. The number of carboxylic acid groups (broad SMARTS) is 1. The summed E-state index contributed by atoms with van der Waals surface area (Å²) in [5, 5.41) is 20.8. The van der Waals surface area contributed by atoms with Crippen LogP contribution < -0.4 is 5.32 Å². The molecule has 98 valence electrons. The number of carbonyl (C=O) groups is 2. The maximum absolute atomic E-state index is 11.8. The van der Waals surface area contributed by atoms with Crippen molar-refractivity contribution in [1.29, 1.82) is 0 Å².